The number of Topliss-reactive ketones (excluding diaryl/α,β-unsaturated/α-hetero) is 2. The van der Waals surface area contributed by atoms with E-state index in [1.165, 1.54) is 48.7 Å². The summed E-state index contributed by atoms with van der Waals surface area (Å²) in [5.41, 5.74) is 19.0. The Labute approximate surface area is 747 Å². The van der Waals surface area contributed by atoms with Crippen molar-refractivity contribution >= 4 is 92.5 Å². The smallest absolute Gasteiger partial charge is 0.384 e. The van der Waals surface area contributed by atoms with Crippen molar-refractivity contribution in [1.82, 2.24) is 40.5 Å². The molecule has 0 spiro atoms. The first-order valence-corrected chi connectivity index (χ1v) is 41.5. The van der Waals surface area contributed by atoms with Crippen LogP contribution in [0.1, 0.15) is 113 Å². The SMILES string of the molecule is CC(C)(C#N)c1cc(C(=O)NC2=CCC(=O)C(c3ccnc(N4CCOCC4)c3)=C2)ccn1.Cc1ccc(NC(=O)c2cccc(C(F)(F)F)c2)cc1-c1cc(N)nc(N2CCOCC2)c1.Cc1ccc(NC(=O)c2cccc(C(F)(F)F)c2)cc1-c1cc(N2CCOCC2)cc(N)n1.O=C1CC=C(NC(=O)c2ccnc(C(F)(F)F)c2)C=C1c1ccnc(N2CCOCC2)c1. The molecule has 0 saturated carbocycles. The summed E-state index contributed by atoms with van der Waals surface area (Å²) in [7, 11) is 0. The molecule has 2 aliphatic carbocycles. The van der Waals surface area contributed by atoms with Crippen molar-refractivity contribution in [3.63, 3.8) is 0 Å². The zero-order valence-electron chi connectivity index (χ0n) is 71.4. The number of carbonyl (C=O) groups is 6. The molecule has 16 rings (SSSR count). The number of rotatable bonds is 17. The number of benzene rings is 4. The Morgan fingerprint density at radius 2 is 0.809 bits per heavy atom. The number of hydrogen-bond donors (Lipinski definition) is 6. The number of alkyl halides is 9. The van der Waals surface area contributed by atoms with Crippen molar-refractivity contribution in [1.29, 1.82) is 5.26 Å². The van der Waals surface area contributed by atoms with Crippen LogP contribution in [0.2, 0.25) is 0 Å². The van der Waals surface area contributed by atoms with E-state index in [-0.39, 0.29) is 47.0 Å². The van der Waals surface area contributed by atoms with Crippen molar-refractivity contribution in [3.8, 4) is 28.5 Å². The molecule has 0 atom stereocenters. The number of nitrogen functional groups attached to an aromatic ring is 2. The molecule has 6 aliphatic rings. The van der Waals surface area contributed by atoms with Gasteiger partial charge in [0.25, 0.3) is 23.6 Å². The van der Waals surface area contributed by atoms with E-state index in [2.05, 4.69) is 76.8 Å². The van der Waals surface area contributed by atoms with E-state index in [4.69, 9.17) is 30.4 Å². The Kier molecular flexibility index (Phi) is 29.9. The second-order valence-electron chi connectivity index (χ2n) is 31.3. The summed E-state index contributed by atoms with van der Waals surface area (Å²) in [6.45, 7) is 18.1. The average molecular weight is 1800 g/mol. The molecule has 0 unspecified atom stereocenters. The number of amides is 4. The number of nitrogens with two attached hydrogens (primary N) is 2. The van der Waals surface area contributed by atoms with Gasteiger partial charge in [0.2, 0.25) is 0 Å². The summed E-state index contributed by atoms with van der Waals surface area (Å²) >= 11 is 0. The number of nitriles is 1. The molecule has 8 N–H and O–H groups in total. The molecular formula is C95H90F9N17O10. The van der Waals surface area contributed by atoms with Gasteiger partial charge in [-0.25, -0.2) is 19.9 Å². The highest BCUT2D eigenvalue weighted by atomic mass is 19.4. The van der Waals surface area contributed by atoms with E-state index < -0.39 is 58.5 Å². The summed E-state index contributed by atoms with van der Waals surface area (Å²) < 4.78 is 138. The number of pyridine rings is 6. The molecule has 4 amide bonds. The van der Waals surface area contributed by atoms with Crippen molar-refractivity contribution in [2.45, 2.75) is 64.5 Å². The van der Waals surface area contributed by atoms with Gasteiger partial charge in [0, 0.05) is 163 Å². The first-order valence-electron chi connectivity index (χ1n) is 41.5. The maximum absolute atomic E-state index is 13.0. The molecule has 4 aliphatic heterocycles. The predicted molar refractivity (Wildman–Crippen MR) is 475 cm³/mol. The van der Waals surface area contributed by atoms with Gasteiger partial charge in [0.15, 0.2) is 11.6 Å². The van der Waals surface area contributed by atoms with E-state index in [0.717, 1.165) is 113 Å². The minimum Gasteiger partial charge on any atom is -0.384 e. The van der Waals surface area contributed by atoms with Crippen molar-refractivity contribution in [3.05, 3.63) is 285 Å². The number of halogens is 9. The Balaban J connectivity index is 0.000000149. The fourth-order valence-corrected chi connectivity index (χ4v) is 14.5. The zero-order valence-corrected chi connectivity index (χ0v) is 71.4. The first kappa shape index (κ1) is 94.1. The molecule has 131 heavy (non-hydrogen) atoms. The van der Waals surface area contributed by atoms with Gasteiger partial charge < -0.3 is 71.3 Å². The molecule has 27 nitrogen and oxygen atoms in total. The van der Waals surface area contributed by atoms with Crippen LogP contribution in [0.5, 0.6) is 0 Å². The van der Waals surface area contributed by atoms with Crippen LogP contribution in [-0.2, 0) is 52.5 Å². The van der Waals surface area contributed by atoms with Gasteiger partial charge in [0.1, 0.15) is 34.8 Å². The summed E-state index contributed by atoms with van der Waals surface area (Å²) in [5.74, 6) is 0.532. The number of hydrogen-bond acceptors (Lipinski definition) is 23. The third-order valence-electron chi connectivity index (χ3n) is 21.6. The van der Waals surface area contributed by atoms with Gasteiger partial charge in [-0.1, -0.05) is 36.4 Å². The van der Waals surface area contributed by atoms with Gasteiger partial charge >= 0.3 is 18.5 Å². The predicted octanol–water partition coefficient (Wildman–Crippen LogP) is 15.3. The molecular weight excluding hydrogens is 1710 g/mol. The summed E-state index contributed by atoms with van der Waals surface area (Å²) in [6, 6.07) is 41.1. The number of aromatic nitrogens is 6. The molecule has 0 bridgehead atoms. The van der Waals surface area contributed by atoms with E-state index >= 15 is 0 Å². The van der Waals surface area contributed by atoms with Crippen LogP contribution < -0.4 is 52.3 Å². The second-order valence-corrected chi connectivity index (χ2v) is 31.3. The van der Waals surface area contributed by atoms with Gasteiger partial charge in [-0.2, -0.15) is 44.8 Å². The fourth-order valence-electron chi connectivity index (χ4n) is 14.5. The number of ketones is 2. The first-order chi connectivity index (χ1) is 62.6. The fraction of sp³-hybridized carbons (Fsp3) is 0.274. The van der Waals surface area contributed by atoms with E-state index in [9.17, 15) is 73.5 Å². The Morgan fingerprint density at radius 1 is 0.412 bits per heavy atom. The van der Waals surface area contributed by atoms with Gasteiger partial charge in [-0.05, 0) is 201 Å². The number of morpholine rings is 4. The Morgan fingerprint density at radius 3 is 1.27 bits per heavy atom. The number of anilines is 8. The molecule has 4 aromatic carbocycles. The lowest BCUT2D eigenvalue weighted by atomic mass is 9.90. The van der Waals surface area contributed by atoms with Crippen molar-refractivity contribution in [2.24, 2.45) is 0 Å². The van der Waals surface area contributed by atoms with E-state index in [0.29, 0.717) is 153 Å². The van der Waals surface area contributed by atoms with Crippen LogP contribution >= 0.6 is 0 Å². The molecule has 6 aromatic heterocycles. The molecule has 4 fully saturated rings. The lowest BCUT2D eigenvalue weighted by Crippen LogP contribution is -2.36. The van der Waals surface area contributed by atoms with Gasteiger partial charge in [0.05, 0.1) is 86.9 Å². The minimum absolute atomic E-state index is 0.0194. The molecule has 4 saturated heterocycles. The lowest BCUT2D eigenvalue weighted by molar-refractivity contribution is -0.141. The lowest BCUT2D eigenvalue weighted by Gasteiger charge is -2.29. The van der Waals surface area contributed by atoms with Crippen LogP contribution in [0, 0.1) is 25.2 Å². The normalized spacial score (nSPS) is 15.5. The Bertz CT molecular complexity index is 5920. The number of aryl methyl sites for hydroxylation is 2. The number of nitrogens with one attached hydrogen (secondary N) is 4. The monoisotopic (exact) mass is 1800 g/mol. The molecule has 10 heterocycles. The van der Waals surface area contributed by atoms with Crippen LogP contribution in [0.15, 0.2) is 218 Å². The topological polar surface area (TPSA) is 354 Å². The number of nitrogens with zero attached hydrogens (tertiary/aromatic N) is 11. The molecule has 678 valence electrons. The average Bonchev–Trinajstić information content (AvgIpc) is 0.824. The standard InChI is InChI=1S/C25H25N5O3.2C24H23F3N4O2.C22H19F3N4O3/c1-25(2,16-26)22-13-18(6-7-27-22)24(32)29-19-3-4-21(31)20(15-19)17-5-8-28-23(14-17)30-9-11-33-12-10-30;1-15-5-6-19(29-23(32)16-3-2-4-18(11-16)24(25,26)27)14-20(15)17-12-21(28)30-22(13-17)31-7-9-33-10-8-31;1-15-5-6-18(29-23(32)16-3-2-4-17(11-16)24(25,26)27)12-20(15)21-13-19(14-22(28)30-21)31-7-9-33-10-8-31;23-22(24,25)19-11-15(4-5-26-19)21(31)28-16-1-2-18(30)17(13-16)14-3-6-27-20(12-14)29-7-9-32-10-8-29/h3,5-8,13-15H,4,9-12H2,1-2H3,(H,29,32);2*2-6,11-14H,7-10H2,1H3,(H2,28,30)(H,29,32);1,3-6,11-13H,2,7-10H2,(H,28,31). The zero-order chi connectivity index (χ0) is 93.3. The summed E-state index contributed by atoms with van der Waals surface area (Å²) in [4.78, 5) is 109. The van der Waals surface area contributed by atoms with Crippen molar-refractivity contribution in [2.75, 3.05) is 147 Å². The quantitative estimate of drug-likeness (QED) is 0.0461. The molecule has 10 aromatic rings. The highest BCUT2D eigenvalue weighted by molar-refractivity contribution is 6.24. The largest absolute Gasteiger partial charge is 0.433 e. The maximum Gasteiger partial charge on any atom is 0.433 e. The number of allylic oxidation sites excluding steroid dienone is 6. The maximum atomic E-state index is 13.0. The molecule has 36 heteroatoms. The van der Waals surface area contributed by atoms with Gasteiger partial charge in [-0.3, -0.25) is 38.7 Å². The summed E-state index contributed by atoms with van der Waals surface area (Å²) in [5, 5.41) is 20.1. The van der Waals surface area contributed by atoms with Crippen LogP contribution in [0.4, 0.5) is 85.7 Å². The third-order valence-corrected chi connectivity index (χ3v) is 21.6. The van der Waals surface area contributed by atoms with E-state index in [1.807, 2.05) is 50.2 Å². The van der Waals surface area contributed by atoms with Crippen LogP contribution in [-0.4, -0.2) is 170 Å². The second kappa shape index (κ2) is 41.7. The molecule has 0 radical (unpaired) electrons. The minimum atomic E-state index is -4.65. The van der Waals surface area contributed by atoms with Crippen LogP contribution in [0.25, 0.3) is 33.5 Å². The Hall–Kier alpha value is -14.5. The number of ether oxygens (including phenoxy) is 4. The summed E-state index contributed by atoms with van der Waals surface area (Å²) in [6.07, 6.45) is -1.24. The van der Waals surface area contributed by atoms with E-state index in [1.54, 1.807) is 99.1 Å². The highest BCUT2D eigenvalue weighted by Gasteiger charge is 2.36. The van der Waals surface area contributed by atoms with Crippen LogP contribution in [0.3, 0.4) is 0 Å². The van der Waals surface area contributed by atoms with Crippen molar-refractivity contribution < 1.29 is 87.2 Å². The van der Waals surface area contributed by atoms with Gasteiger partial charge in [-0.15, -0.1) is 0 Å². The number of carbonyl (C=O) groups excluding carboxylic acids is 6. The highest BCUT2D eigenvalue weighted by Crippen LogP contribution is 2.38. The third kappa shape index (κ3) is 24.9.